The lowest BCUT2D eigenvalue weighted by Gasteiger charge is -2.25. The third kappa shape index (κ3) is 7.14. The molecule has 0 radical (unpaired) electrons. The highest BCUT2D eigenvalue weighted by atomic mass is 16.5. The number of ether oxygens (including phenoxy) is 2. The smallest absolute Gasteiger partial charge is 0.0700 e. The lowest BCUT2D eigenvalue weighted by atomic mass is 9.84. The lowest BCUT2D eigenvalue weighted by Crippen LogP contribution is -2.27. The molecule has 0 saturated carbocycles. The van der Waals surface area contributed by atoms with Crippen LogP contribution in [-0.4, -0.2) is 40.0 Å². The summed E-state index contributed by atoms with van der Waals surface area (Å²) in [5.74, 6) is 1.57. The Morgan fingerprint density at radius 1 is 1.33 bits per heavy atom. The maximum atomic E-state index is 5.43. The van der Waals surface area contributed by atoms with Gasteiger partial charge in [0.1, 0.15) is 0 Å². The number of allylic oxidation sites excluding steroid dienone is 2. The van der Waals surface area contributed by atoms with Gasteiger partial charge in [0, 0.05) is 13.7 Å². The van der Waals surface area contributed by atoms with Crippen LogP contribution in [0.3, 0.4) is 0 Å². The molecule has 3 heteroatoms. The van der Waals surface area contributed by atoms with Crippen molar-refractivity contribution in [1.82, 2.24) is 5.32 Å². The molecule has 0 bridgehead atoms. The highest BCUT2D eigenvalue weighted by Gasteiger charge is 2.17. The highest BCUT2D eigenvalue weighted by Crippen LogP contribution is 2.27. The molecule has 0 saturated heterocycles. The van der Waals surface area contributed by atoms with Gasteiger partial charge in [-0.2, -0.15) is 0 Å². The van der Waals surface area contributed by atoms with Gasteiger partial charge < -0.3 is 14.8 Å². The number of hydrogen-bond donors (Lipinski definition) is 1. The van der Waals surface area contributed by atoms with E-state index in [4.69, 9.17) is 9.47 Å². The van der Waals surface area contributed by atoms with Gasteiger partial charge >= 0.3 is 0 Å². The van der Waals surface area contributed by atoms with Gasteiger partial charge in [0.05, 0.1) is 13.2 Å². The molecule has 2 unspecified atom stereocenters. The normalized spacial score (nSPS) is 24.1. The summed E-state index contributed by atoms with van der Waals surface area (Å²) in [5, 5.41) is 3.55. The summed E-state index contributed by atoms with van der Waals surface area (Å²) < 4.78 is 10.3. The summed E-state index contributed by atoms with van der Waals surface area (Å²) >= 11 is 0. The van der Waals surface area contributed by atoms with Crippen molar-refractivity contribution in [2.24, 2.45) is 11.8 Å². The molecule has 0 aromatic heterocycles. The summed E-state index contributed by atoms with van der Waals surface area (Å²) in [6.07, 6.45) is 6.09. The molecular weight excluding hydrogens is 226 g/mol. The number of nitrogens with one attached hydrogen (secondary N) is 1. The molecule has 1 aliphatic rings. The summed E-state index contributed by atoms with van der Waals surface area (Å²) in [5.41, 5.74) is 1.56. The van der Waals surface area contributed by atoms with Crippen molar-refractivity contribution < 1.29 is 9.47 Å². The van der Waals surface area contributed by atoms with E-state index in [0.29, 0.717) is 13.2 Å². The van der Waals surface area contributed by atoms with Gasteiger partial charge in [-0.1, -0.05) is 18.6 Å². The van der Waals surface area contributed by atoms with Crippen molar-refractivity contribution in [2.75, 3.05) is 40.0 Å². The Labute approximate surface area is 112 Å². The molecule has 3 nitrogen and oxygen atoms in total. The van der Waals surface area contributed by atoms with Gasteiger partial charge in [-0.3, -0.25) is 0 Å². The largest absolute Gasteiger partial charge is 0.382 e. The second-order valence-corrected chi connectivity index (χ2v) is 5.46. The van der Waals surface area contributed by atoms with Crippen LogP contribution in [-0.2, 0) is 9.47 Å². The topological polar surface area (TPSA) is 30.5 Å². The zero-order valence-corrected chi connectivity index (χ0v) is 12.2. The quantitative estimate of drug-likeness (QED) is 0.507. The molecule has 2 atom stereocenters. The fourth-order valence-corrected chi connectivity index (χ4v) is 2.69. The van der Waals surface area contributed by atoms with E-state index in [0.717, 1.165) is 38.0 Å². The molecule has 0 aliphatic heterocycles. The first-order chi connectivity index (χ1) is 8.72. The minimum absolute atomic E-state index is 0.693. The van der Waals surface area contributed by atoms with Crippen LogP contribution in [0, 0.1) is 11.8 Å². The Balaban J connectivity index is 1.93. The van der Waals surface area contributed by atoms with E-state index >= 15 is 0 Å². The molecule has 0 amide bonds. The minimum atomic E-state index is 0.693. The fourth-order valence-electron chi connectivity index (χ4n) is 2.69. The Bertz CT molecular complexity index is 241. The van der Waals surface area contributed by atoms with Crippen molar-refractivity contribution in [3.63, 3.8) is 0 Å². The molecule has 18 heavy (non-hydrogen) atoms. The van der Waals surface area contributed by atoms with Crippen LogP contribution < -0.4 is 5.32 Å². The molecular formula is C15H29NO2. The maximum absolute atomic E-state index is 5.43. The van der Waals surface area contributed by atoms with Crippen LogP contribution in [0.2, 0.25) is 0 Å². The highest BCUT2D eigenvalue weighted by molar-refractivity contribution is 5.06. The third-order valence-electron chi connectivity index (χ3n) is 3.39. The zero-order chi connectivity index (χ0) is 13.2. The van der Waals surface area contributed by atoms with Gasteiger partial charge in [-0.25, -0.2) is 0 Å². The van der Waals surface area contributed by atoms with Crippen molar-refractivity contribution in [1.29, 1.82) is 0 Å². The van der Waals surface area contributed by atoms with Crippen molar-refractivity contribution in [3.8, 4) is 0 Å². The lowest BCUT2D eigenvalue weighted by molar-refractivity contribution is 0.0694. The second kappa shape index (κ2) is 9.54. The molecule has 106 valence electrons. The summed E-state index contributed by atoms with van der Waals surface area (Å²) in [4.78, 5) is 0. The SMILES string of the molecule is COCCOCCCNCC1CC(C)=CC(C)C1. The molecule has 1 N–H and O–H groups in total. The maximum Gasteiger partial charge on any atom is 0.0700 e. The van der Waals surface area contributed by atoms with Crippen LogP contribution in [0.25, 0.3) is 0 Å². The molecule has 0 fully saturated rings. The van der Waals surface area contributed by atoms with Crippen molar-refractivity contribution in [3.05, 3.63) is 11.6 Å². The first kappa shape index (κ1) is 15.7. The predicted molar refractivity (Wildman–Crippen MR) is 75.8 cm³/mol. The van der Waals surface area contributed by atoms with Gasteiger partial charge in [-0.15, -0.1) is 0 Å². The van der Waals surface area contributed by atoms with Crippen LogP contribution in [0.1, 0.15) is 33.1 Å². The van der Waals surface area contributed by atoms with Crippen LogP contribution >= 0.6 is 0 Å². The first-order valence-corrected chi connectivity index (χ1v) is 7.17. The Kier molecular flexibility index (Phi) is 8.31. The van der Waals surface area contributed by atoms with Gasteiger partial charge in [0.15, 0.2) is 0 Å². The van der Waals surface area contributed by atoms with Crippen LogP contribution in [0.15, 0.2) is 11.6 Å². The minimum Gasteiger partial charge on any atom is -0.382 e. The Morgan fingerprint density at radius 3 is 2.89 bits per heavy atom. The second-order valence-electron chi connectivity index (χ2n) is 5.46. The van der Waals surface area contributed by atoms with E-state index in [1.807, 2.05) is 0 Å². The van der Waals surface area contributed by atoms with E-state index in [9.17, 15) is 0 Å². The fraction of sp³-hybridized carbons (Fsp3) is 0.867. The molecule has 1 rings (SSSR count). The molecule has 1 aliphatic carbocycles. The van der Waals surface area contributed by atoms with E-state index in [2.05, 4.69) is 25.2 Å². The van der Waals surface area contributed by atoms with E-state index in [1.165, 1.54) is 12.8 Å². The number of hydrogen-bond acceptors (Lipinski definition) is 3. The van der Waals surface area contributed by atoms with Gasteiger partial charge in [0.2, 0.25) is 0 Å². The average molecular weight is 255 g/mol. The third-order valence-corrected chi connectivity index (χ3v) is 3.39. The monoisotopic (exact) mass is 255 g/mol. The van der Waals surface area contributed by atoms with Crippen molar-refractivity contribution >= 4 is 0 Å². The Morgan fingerprint density at radius 2 is 2.17 bits per heavy atom. The zero-order valence-electron chi connectivity index (χ0n) is 12.2. The van der Waals surface area contributed by atoms with E-state index in [1.54, 1.807) is 12.7 Å². The molecule has 0 spiro atoms. The summed E-state index contributed by atoms with van der Waals surface area (Å²) in [6.45, 7) is 9.01. The van der Waals surface area contributed by atoms with E-state index < -0.39 is 0 Å². The van der Waals surface area contributed by atoms with E-state index in [-0.39, 0.29) is 0 Å². The first-order valence-electron chi connectivity index (χ1n) is 7.17. The molecule has 0 heterocycles. The number of methoxy groups -OCH3 is 1. The summed E-state index contributed by atoms with van der Waals surface area (Å²) in [7, 11) is 1.70. The summed E-state index contributed by atoms with van der Waals surface area (Å²) in [6, 6.07) is 0. The van der Waals surface area contributed by atoms with Gasteiger partial charge in [0.25, 0.3) is 0 Å². The van der Waals surface area contributed by atoms with Crippen molar-refractivity contribution in [2.45, 2.75) is 33.1 Å². The molecule has 0 aromatic carbocycles. The Hall–Kier alpha value is -0.380. The van der Waals surface area contributed by atoms with Gasteiger partial charge in [-0.05, 0) is 51.1 Å². The van der Waals surface area contributed by atoms with Crippen LogP contribution in [0.5, 0.6) is 0 Å². The van der Waals surface area contributed by atoms with Crippen LogP contribution in [0.4, 0.5) is 0 Å². The molecule has 0 aromatic rings. The standard InChI is InChI=1S/C15H29NO2/c1-13-9-14(2)11-15(10-13)12-16-5-4-6-18-8-7-17-3/h9,13,15-16H,4-8,10-12H2,1-3H3. The average Bonchev–Trinajstić information content (AvgIpc) is 2.31. The predicted octanol–water partition coefficient (Wildman–Crippen LogP) is 2.62. The number of rotatable bonds is 9.